The number of anilines is 2. The zero-order valence-electron chi connectivity index (χ0n) is 21.0. The molecular weight excluding hydrogens is 400 g/mol. The van der Waals surface area contributed by atoms with Gasteiger partial charge in [-0.15, -0.1) is 0 Å². The largest absolute Gasteiger partial charge is 0.353 e. The van der Waals surface area contributed by atoms with Gasteiger partial charge in [-0.1, -0.05) is 109 Å². The molecule has 3 aromatic carbocycles. The highest BCUT2D eigenvalue weighted by Crippen LogP contribution is 2.36. The summed E-state index contributed by atoms with van der Waals surface area (Å²) in [5.74, 6) is 0.872. The van der Waals surface area contributed by atoms with E-state index in [-0.39, 0.29) is 5.41 Å². The van der Waals surface area contributed by atoms with Crippen molar-refractivity contribution >= 4 is 22.3 Å². The summed E-state index contributed by atoms with van der Waals surface area (Å²) < 4.78 is 0. The SMILES string of the molecule is CC(C)c1cccc(C(C)C)c1Nc1cccc2ccc(-c3ccc(C(C)(C)C)cc3)nc12. The minimum absolute atomic E-state index is 0.143. The van der Waals surface area contributed by atoms with E-state index in [9.17, 15) is 0 Å². The van der Waals surface area contributed by atoms with Crippen molar-refractivity contribution in [1.82, 2.24) is 4.98 Å². The molecule has 170 valence electrons. The third kappa shape index (κ3) is 4.80. The second kappa shape index (κ2) is 9.02. The van der Waals surface area contributed by atoms with Crippen LogP contribution in [-0.2, 0) is 5.41 Å². The van der Waals surface area contributed by atoms with Crippen molar-refractivity contribution in [2.45, 2.75) is 65.7 Å². The second-order valence-corrected chi connectivity index (χ2v) is 10.6. The molecule has 0 aliphatic carbocycles. The average molecular weight is 437 g/mol. The van der Waals surface area contributed by atoms with Crippen LogP contribution >= 0.6 is 0 Å². The van der Waals surface area contributed by atoms with Gasteiger partial charge in [0.15, 0.2) is 0 Å². The molecule has 0 saturated carbocycles. The summed E-state index contributed by atoms with van der Waals surface area (Å²) in [5, 5.41) is 4.93. The minimum atomic E-state index is 0.143. The highest BCUT2D eigenvalue weighted by molar-refractivity contribution is 5.94. The van der Waals surface area contributed by atoms with E-state index < -0.39 is 0 Å². The van der Waals surface area contributed by atoms with Crippen molar-refractivity contribution in [3.63, 3.8) is 0 Å². The zero-order chi connectivity index (χ0) is 23.8. The Kier molecular flexibility index (Phi) is 6.30. The molecule has 0 radical (unpaired) electrons. The van der Waals surface area contributed by atoms with E-state index in [4.69, 9.17) is 4.98 Å². The maximum absolute atomic E-state index is 5.12. The first-order chi connectivity index (χ1) is 15.6. The number of fused-ring (bicyclic) bond motifs is 1. The van der Waals surface area contributed by atoms with E-state index in [1.165, 1.54) is 22.4 Å². The third-order valence-corrected chi connectivity index (χ3v) is 6.40. The van der Waals surface area contributed by atoms with Crippen LogP contribution in [0.3, 0.4) is 0 Å². The number of pyridine rings is 1. The van der Waals surface area contributed by atoms with Gasteiger partial charge >= 0.3 is 0 Å². The summed E-state index contributed by atoms with van der Waals surface area (Å²) in [6.07, 6.45) is 0. The number of para-hydroxylation sites is 2. The second-order valence-electron chi connectivity index (χ2n) is 10.6. The molecule has 33 heavy (non-hydrogen) atoms. The first-order valence-electron chi connectivity index (χ1n) is 12.1. The summed E-state index contributed by atoms with van der Waals surface area (Å²) in [4.78, 5) is 5.12. The van der Waals surface area contributed by atoms with Crippen LogP contribution in [0.4, 0.5) is 11.4 Å². The van der Waals surface area contributed by atoms with E-state index in [0.29, 0.717) is 11.8 Å². The van der Waals surface area contributed by atoms with Crippen molar-refractivity contribution in [2.75, 3.05) is 5.32 Å². The van der Waals surface area contributed by atoms with Gasteiger partial charge < -0.3 is 5.32 Å². The van der Waals surface area contributed by atoms with Gasteiger partial charge in [0.2, 0.25) is 0 Å². The number of aromatic nitrogens is 1. The number of benzene rings is 3. The normalized spacial score (nSPS) is 12.0. The first kappa shape index (κ1) is 23.0. The van der Waals surface area contributed by atoms with Gasteiger partial charge in [0.25, 0.3) is 0 Å². The molecule has 2 nitrogen and oxygen atoms in total. The molecule has 0 bridgehead atoms. The van der Waals surface area contributed by atoms with Crippen LogP contribution in [0.15, 0.2) is 72.8 Å². The van der Waals surface area contributed by atoms with Crippen LogP contribution in [0.1, 0.15) is 77.0 Å². The van der Waals surface area contributed by atoms with Crippen molar-refractivity contribution in [3.8, 4) is 11.3 Å². The molecule has 0 unspecified atom stereocenters. The molecule has 0 atom stereocenters. The van der Waals surface area contributed by atoms with E-state index in [0.717, 1.165) is 27.8 Å². The monoisotopic (exact) mass is 436 g/mol. The van der Waals surface area contributed by atoms with Crippen molar-refractivity contribution in [1.29, 1.82) is 0 Å². The number of hydrogen-bond acceptors (Lipinski definition) is 2. The van der Waals surface area contributed by atoms with Crippen LogP contribution in [0.2, 0.25) is 0 Å². The van der Waals surface area contributed by atoms with Crippen LogP contribution in [0.5, 0.6) is 0 Å². The summed E-state index contributed by atoms with van der Waals surface area (Å²) in [6.45, 7) is 15.8. The predicted molar refractivity (Wildman–Crippen MR) is 144 cm³/mol. The highest BCUT2D eigenvalue weighted by atomic mass is 14.9. The molecule has 0 aliphatic rings. The Labute approximate surface area is 199 Å². The van der Waals surface area contributed by atoms with E-state index in [2.05, 4.69) is 127 Å². The Morgan fingerprint density at radius 1 is 0.697 bits per heavy atom. The number of rotatable bonds is 5. The Morgan fingerprint density at radius 2 is 1.30 bits per heavy atom. The summed E-state index contributed by atoms with van der Waals surface area (Å²) in [7, 11) is 0. The number of hydrogen-bond donors (Lipinski definition) is 1. The number of nitrogens with zero attached hydrogens (tertiary/aromatic N) is 1. The smallest absolute Gasteiger partial charge is 0.0944 e. The van der Waals surface area contributed by atoms with Crippen molar-refractivity contribution < 1.29 is 0 Å². The Morgan fingerprint density at radius 3 is 1.88 bits per heavy atom. The van der Waals surface area contributed by atoms with Gasteiger partial charge in [-0.05, 0) is 46.1 Å². The maximum Gasteiger partial charge on any atom is 0.0944 e. The molecule has 0 fully saturated rings. The average Bonchev–Trinajstić information content (AvgIpc) is 2.78. The molecule has 0 amide bonds. The van der Waals surface area contributed by atoms with E-state index >= 15 is 0 Å². The molecule has 2 heteroatoms. The fraction of sp³-hybridized carbons (Fsp3) is 0.323. The lowest BCUT2D eigenvalue weighted by atomic mass is 9.86. The van der Waals surface area contributed by atoms with E-state index in [1.54, 1.807) is 0 Å². The highest BCUT2D eigenvalue weighted by Gasteiger charge is 2.16. The minimum Gasteiger partial charge on any atom is -0.353 e. The number of nitrogens with one attached hydrogen (secondary N) is 1. The van der Waals surface area contributed by atoms with Crippen molar-refractivity contribution in [3.05, 3.63) is 89.5 Å². The molecule has 4 aromatic rings. The fourth-order valence-electron chi connectivity index (χ4n) is 4.38. The Bertz CT molecular complexity index is 1230. The van der Waals surface area contributed by atoms with Crippen LogP contribution in [0.25, 0.3) is 22.2 Å². The standard InChI is InChI=1S/C31H36N2/c1-20(2)25-11-9-12-26(21(3)4)30(25)33-28-13-8-10-23-16-19-27(32-29(23)28)22-14-17-24(18-15-22)31(5,6)7/h8-21,33H,1-7H3. The molecule has 1 heterocycles. The van der Waals surface area contributed by atoms with Gasteiger partial charge in [0.05, 0.1) is 16.9 Å². The predicted octanol–water partition coefficient (Wildman–Crippen LogP) is 9.19. The molecule has 4 rings (SSSR count). The van der Waals surface area contributed by atoms with Gasteiger partial charge in [-0.25, -0.2) is 4.98 Å². The van der Waals surface area contributed by atoms with Gasteiger partial charge in [0.1, 0.15) is 0 Å². The third-order valence-electron chi connectivity index (χ3n) is 6.40. The zero-order valence-corrected chi connectivity index (χ0v) is 21.0. The molecule has 0 saturated heterocycles. The lowest BCUT2D eigenvalue weighted by Crippen LogP contribution is -2.10. The molecule has 0 spiro atoms. The van der Waals surface area contributed by atoms with Crippen LogP contribution < -0.4 is 5.32 Å². The topological polar surface area (TPSA) is 24.9 Å². The van der Waals surface area contributed by atoms with Gasteiger partial charge in [0, 0.05) is 16.6 Å². The van der Waals surface area contributed by atoms with Crippen LogP contribution in [0, 0.1) is 0 Å². The molecular formula is C31H36N2. The maximum atomic E-state index is 5.12. The lowest BCUT2D eigenvalue weighted by Gasteiger charge is -2.21. The summed E-state index contributed by atoms with van der Waals surface area (Å²) in [5.41, 5.74) is 9.57. The Hall–Kier alpha value is -3.13. The Balaban J connectivity index is 1.80. The molecule has 0 aliphatic heterocycles. The summed E-state index contributed by atoms with van der Waals surface area (Å²) >= 11 is 0. The fourth-order valence-corrected chi connectivity index (χ4v) is 4.38. The van der Waals surface area contributed by atoms with Gasteiger partial charge in [-0.3, -0.25) is 0 Å². The van der Waals surface area contributed by atoms with Gasteiger partial charge in [-0.2, -0.15) is 0 Å². The van der Waals surface area contributed by atoms with Crippen molar-refractivity contribution in [2.24, 2.45) is 0 Å². The van der Waals surface area contributed by atoms with Crippen LogP contribution in [-0.4, -0.2) is 4.98 Å². The quantitative estimate of drug-likeness (QED) is 0.337. The lowest BCUT2D eigenvalue weighted by molar-refractivity contribution is 0.590. The molecule has 1 N–H and O–H groups in total. The molecule has 1 aromatic heterocycles. The summed E-state index contributed by atoms with van der Waals surface area (Å²) in [6, 6.07) is 26.2. The van der Waals surface area contributed by atoms with E-state index in [1.807, 2.05) is 0 Å². The first-order valence-corrected chi connectivity index (χ1v) is 12.1.